The minimum Gasteiger partial charge on any atom is -0.375 e. The van der Waals surface area contributed by atoms with E-state index in [1.807, 2.05) is 24.3 Å². The van der Waals surface area contributed by atoms with Crippen LogP contribution in [0.25, 0.3) is 0 Å². The molecule has 0 bridgehead atoms. The van der Waals surface area contributed by atoms with E-state index in [0.29, 0.717) is 0 Å². The van der Waals surface area contributed by atoms with Crippen molar-refractivity contribution < 1.29 is 13.6 Å². The van der Waals surface area contributed by atoms with E-state index in [9.17, 15) is 13.6 Å². The fraction of sp³-hybridized carbons (Fsp3) is 0.188. The number of rotatable bonds is 2. The summed E-state index contributed by atoms with van der Waals surface area (Å²) < 4.78 is 27.0. The third-order valence-corrected chi connectivity index (χ3v) is 3.68. The first-order valence-electron chi connectivity index (χ1n) is 6.63. The fourth-order valence-electron chi connectivity index (χ4n) is 2.57. The molecule has 21 heavy (non-hydrogen) atoms. The molecule has 0 saturated carbocycles. The zero-order valence-corrected chi connectivity index (χ0v) is 11.4. The highest BCUT2D eigenvalue weighted by atomic mass is 19.1. The van der Waals surface area contributed by atoms with Crippen LogP contribution in [-0.4, -0.2) is 13.0 Å². The second-order valence-electron chi connectivity index (χ2n) is 5.04. The number of amides is 1. The van der Waals surface area contributed by atoms with Crippen LogP contribution >= 0.6 is 0 Å². The Labute approximate surface area is 121 Å². The zero-order valence-electron chi connectivity index (χ0n) is 11.4. The van der Waals surface area contributed by atoms with Crippen LogP contribution in [0.4, 0.5) is 20.2 Å². The second kappa shape index (κ2) is 5.16. The van der Waals surface area contributed by atoms with Crippen LogP contribution < -0.4 is 10.2 Å². The Bertz CT molecular complexity index is 702. The molecule has 0 radical (unpaired) electrons. The smallest absolute Gasteiger partial charge is 0.229 e. The quantitative estimate of drug-likeness (QED) is 0.917. The molecule has 3 nitrogen and oxygen atoms in total. The zero-order chi connectivity index (χ0) is 15.0. The summed E-state index contributed by atoms with van der Waals surface area (Å²) >= 11 is 0. The molecular formula is C16H14F2N2O. The number of nitrogens with one attached hydrogen (secondary N) is 1. The molecule has 1 amide bonds. The van der Waals surface area contributed by atoms with Crippen LogP contribution in [0, 0.1) is 11.6 Å². The normalized spacial score (nSPS) is 17.6. The van der Waals surface area contributed by atoms with Gasteiger partial charge in [0, 0.05) is 12.7 Å². The molecule has 0 fully saturated rings. The van der Waals surface area contributed by atoms with Crippen molar-refractivity contribution in [1.82, 2.24) is 0 Å². The van der Waals surface area contributed by atoms with Gasteiger partial charge in [-0.05, 0) is 29.8 Å². The van der Waals surface area contributed by atoms with E-state index in [2.05, 4.69) is 5.32 Å². The van der Waals surface area contributed by atoms with Crippen LogP contribution in [0.3, 0.4) is 0 Å². The summed E-state index contributed by atoms with van der Waals surface area (Å²) in [7, 11) is 1.71. The summed E-state index contributed by atoms with van der Waals surface area (Å²) in [6.07, 6.45) is 0.198. The monoisotopic (exact) mass is 288 g/mol. The number of anilines is 2. The number of halogens is 2. The van der Waals surface area contributed by atoms with Gasteiger partial charge in [0.15, 0.2) is 0 Å². The van der Waals surface area contributed by atoms with E-state index >= 15 is 0 Å². The molecular weight excluding hydrogens is 274 g/mol. The van der Waals surface area contributed by atoms with Gasteiger partial charge in [-0.1, -0.05) is 18.2 Å². The molecule has 5 heteroatoms. The molecule has 0 aromatic heterocycles. The Balaban J connectivity index is 1.98. The molecule has 0 aliphatic carbocycles. The van der Waals surface area contributed by atoms with Gasteiger partial charge in [0.25, 0.3) is 0 Å². The lowest BCUT2D eigenvalue weighted by molar-refractivity contribution is -0.118. The van der Waals surface area contributed by atoms with E-state index in [1.165, 1.54) is 0 Å². The molecule has 1 N–H and O–H groups in total. The van der Waals surface area contributed by atoms with Gasteiger partial charge >= 0.3 is 0 Å². The third kappa shape index (κ3) is 2.46. The van der Waals surface area contributed by atoms with Gasteiger partial charge in [-0.25, -0.2) is 8.78 Å². The second-order valence-corrected chi connectivity index (χ2v) is 5.04. The highest BCUT2D eigenvalue weighted by Crippen LogP contribution is 2.36. The first kappa shape index (κ1) is 13.5. The molecule has 1 aliphatic heterocycles. The maximum absolute atomic E-state index is 13.7. The molecule has 3 rings (SSSR count). The number of hydrogen-bond donors (Lipinski definition) is 1. The molecule has 2 aromatic carbocycles. The Morgan fingerprint density at radius 3 is 2.76 bits per heavy atom. The Morgan fingerprint density at radius 1 is 1.19 bits per heavy atom. The van der Waals surface area contributed by atoms with Gasteiger partial charge in [-0.15, -0.1) is 0 Å². The maximum Gasteiger partial charge on any atom is 0.229 e. The minimum absolute atomic E-state index is 0.0622. The molecule has 1 aliphatic rings. The van der Waals surface area contributed by atoms with Crippen molar-refractivity contribution in [3.05, 3.63) is 59.7 Å². The molecule has 1 atom stereocenters. The molecule has 0 spiro atoms. The fourth-order valence-corrected chi connectivity index (χ4v) is 2.57. The van der Waals surface area contributed by atoms with E-state index in [0.717, 1.165) is 29.4 Å². The molecule has 0 saturated heterocycles. The predicted molar refractivity (Wildman–Crippen MR) is 77.2 cm³/mol. The summed E-state index contributed by atoms with van der Waals surface area (Å²) in [6.45, 7) is 0. The van der Waals surface area contributed by atoms with Crippen LogP contribution in [0.2, 0.25) is 0 Å². The molecule has 2 aromatic rings. The predicted octanol–water partition coefficient (Wildman–Crippen LogP) is 3.48. The third-order valence-electron chi connectivity index (χ3n) is 3.68. The van der Waals surface area contributed by atoms with Gasteiger partial charge in [0.2, 0.25) is 5.91 Å². The lowest BCUT2D eigenvalue weighted by atomic mass is 9.96. The van der Waals surface area contributed by atoms with E-state index in [-0.39, 0.29) is 24.1 Å². The van der Waals surface area contributed by atoms with Crippen molar-refractivity contribution >= 4 is 17.3 Å². The summed E-state index contributed by atoms with van der Waals surface area (Å²) in [5.41, 5.74) is 1.73. The average Bonchev–Trinajstić information content (AvgIpc) is 2.48. The Kier molecular flexibility index (Phi) is 3.33. The van der Waals surface area contributed by atoms with Crippen molar-refractivity contribution in [2.45, 2.75) is 12.5 Å². The van der Waals surface area contributed by atoms with Crippen LogP contribution in [-0.2, 0) is 4.79 Å². The van der Waals surface area contributed by atoms with E-state index in [4.69, 9.17) is 0 Å². The number of carbonyl (C=O) groups is 1. The van der Waals surface area contributed by atoms with Crippen LogP contribution in [0.15, 0.2) is 42.5 Å². The van der Waals surface area contributed by atoms with Gasteiger partial charge < -0.3 is 10.2 Å². The van der Waals surface area contributed by atoms with Crippen molar-refractivity contribution in [2.24, 2.45) is 0 Å². The van der Waals surface area contributed by atoms with E-state index < -0.39 is 11.6 Å². The van der Waals surface area contributed by atoms with Gasteiger partial charge in [0.05, 0.1) is 18.2 Å². The van der Waals surface area contributed by atoms with Crippen LogP contribution in [0.5, 0.6) is 0 Å². The lowest BCUT2D eigenvalue weighted by Crippen LogP contribution is -2.35. The number of hydrogen-bond acceptors (Lipinski definition) is 2. The maximum atomic E-state index is 13.7. The number of benzene rings is 2. The van der Waals surface area contributed by atoms with Crippen molar-refractivity contribution in [1.29, 1.82) is 0 Å². The largest absolute Gasteiger partial charge is 0.375 e. The van der Waals surface area contributed by atoms with Gasteiger partial charge in [0.1, 0.15) is 11.6 Å². The number of carbonyl (C=O) groups excluding carboxylic acids is 1. The van der Waals surface area contributed by atoms with Crippen LogP contribution in [0.1, 0.15) is 18.0 Å². The number of nitrogens with zero attached hydrogens (tertiary/aromatic N) is 1. The summed E-state index contributed by atoms with van der Waals surface area (Å²) in [5, 5.41) is 2.93. The average molecular weight is 288 g/mol. The van der Waals surface area contributed by atoms with Gasteiger partial charge in [-0.3, -0.25) is 4.79 Å². The number of fused-ring (bicyclic) bond motifs is 1. The summed E-state index contributed by atoms with van der Waals surface area (Å²) in [5.74, 6) is -1.13. The first-order chi connectivity index (χ1) is 10.1. The highest BCUT2D eigenvalue weighted by molar-refractivity contribution is 5.97. The van der Waals surface area contributed by atoms with Crippen molar-refractivity contribution in [2.75, 3.05) is 17.3 Å². The van der Waals surface area contributed by atoms with Gasteiger partial charge in [-0.2, -0.15) is 0 Å². The SMILES string of the molecule is CN1C(=O)CC(Nc2cc(F)ccc2F)c2ccccc21. The van der Waals surface area contributed by atoms with Crippen molar-refractivity contribution in [3.8, 4) is 0 Å². The Hall–Kier alpha value is -2.43. The van der Waals surface area contributed by atoms with E-state index in [1.54, 1.807) is 11.9 Å². The molecule has 1 unspecified atom stereocenters. The standard InChI is InChI=1S/C16H14F2N2O/c1-20-15-5-3-2-4-11(15)13(9-16(20)21)19-14-8-10(17)6-7-12(14)18/h2-8,13,19H,9H2,1H3. The number of para-hydroxylation sites is 1. The molecule has 108 valence electrons. The highest BCUT2D eigenvalue weighted by Gasteiger charge is 2.29. The van der Waals surface area contributed by atoms with Crippen molar-refractivity contribution in [3.63, 3.8) is 0 Å². The Morgan fingerprint density at radius 2 is 1.95 bits per heavy atom. The minimum atomic E-state index is -0.541. The molecule has 1 heterocycles. The topological polar surface area (TPSA) is 32.3 Å². The lowest BCUT2D eigenvalue weighted by Gasteiger charge is -2.32. The first-order valence-corrected chi connectivity index (χ1v) is 6.63. The summed E-state index contributed by atoms with van der Waals surface area (Å²) in [6, 6.07) is 10.3. The summed E-state index contributed by atoms with van der Waals surface area (Å²) in [4.78, 5) is 13.6.